The fourth-order valence-corrected chi connectivity index (χ4v) is 2.78. The van der Waals surface area contributed by atoms with Crippen LogP contribution in [0.15, 0.2) is 60.7 Å². The molecule has 1 heterocycles. The minimum absolute atomic E-state index is 0.583. The third-order valence-corrected chi connectivity index (χ3v) is 3.65. The quantitative estimate of drug-likeness (QED) is 0.626. The fourth-order valence-electron chi connectivity index (χ4n) is 2.44. The molecular weight excluding hydrogens is 276 g/mol. The molecule has 0 unspecified atom stereocenters. The van der Waals surface area contributed by atoms with Gasteiger partial charge in [0.1, 0.15) is 0 Å². The molecule has 0 radical (unpaired) electrons. The van der Waals surface area contributed by atoms with Crippen LogP contribution in [0, 0.1) is 18.6 Å². The maximum absolute atomic E-state index is 5.50. The van der Waals surface area contributed by atoms with Crippen LogP contribution < -0.4 is 0 Å². The Morgan fingerprint density at radius 1 is 0.905 bits per heavy atom. The molecule has 0 saturated heterocycles. The van der Waals surface area contributed by atoms with Crippen molar-refractivity contribution in [3.05, 3.63) is 76.7 Å². The monoisotopic (exact) mass is 292 g/mol. The molecular formula is C18H16N2S. The number of rotatable bonds is 2. The van der Waals surface area contributed by atoms with E-state index in [-0.39, 0.29) is 0 Å². The van der Waals surface area contributed by atoms with Crippen LogP contribution in [-0.4, -0.2) is 9.55 Å². The summed E-state index contributed by atoms with van der Waals surface area (Å²) >= 11 is 5.50. The van der Waals surface area contributed by atoms with Gasteiger partial charge in [-0.2, -0.15) is 0 Å². The number of hydrogen-bond donors (Lipinski definition) is 0. The van der Waals surface area contributed by atoms with Crippen molar-refractivity contribution in [2.75, 3.05) is 0 Å². The summed E-state index contributed by atoms with van der Waals surface area (Å²) in [5.74, 6) is 0. The molecule has 0 saturated carbocycles. The second kappa shape index (κ2) is 5.62. The number of aryl methyl sites for hydroxylation is 2. The summed E-state index contributed by atoms with van der Waals surface area (Å²) in [6, 6.07) is 20.7. The average molecular weight is 292 g/mol. The predicted octanol–water partition coefficient (Wildman–Crippen LogP) is 4.89. The minimum atomic E-state index is 0.583. The van der Waals surface area contributed by atoms with Gasteiger partial charge in [0.15, 0.2) is 0 Å². The normalized spacial score (nSPS) is 10.6. The zero-order valence-electron chi connectivity index (χ0n) is 12.1. The van der Waals surface area contributed by atoms with Gasteiger partial charge in [0.05, 0.1) is 5.69 Å². The van der Waals surface area contributed by atoms with E-state index in [1.165, 1.54) is 5.56 Å². The van der Waals surface area contributed by atoms with Gasteiger partial charge in [-0.05, 0) is 55.4 Å². The Bertz CT molecular complexity index is 835. The number of nitrogens with zero attached hydrogens (tertiary/aromatic N) is 2. The Morgan fingerprint density at radius 2 is 1.67 bits per heavy atom. The van der Waals surface area contributed by atoms with Crippen molar-refractivity contribution in [3.63, 3.8) is 0 Å². The highest BCUT2D eigenvalue weighted by atomic mass is 32.1. The fraction of sp³-hybridized carbons (Fsp3) is 0.111. The third-order valence-electron chi connectivity index (χ3n) is 3.38. The predicted molar refractivity (Wildman–Crippen MR) is 89.3 cm³/mol. The highest BCUT2D eigenvalue weighted by molar-refractivity contribution is 7.71. The zero-order valence-corrected chi connectivity index (χ0v) is 12.9. The van der Waals surface area contributed by atoms with Gasteiger partial charge in [-0.1, -0.05) is 42.5 Å². The Kier molecular flexibility index (Phi) is 3.67. The summed E-state index contributed by atoms with van der Waals surface area (Å²) in [4.78, 5) is 4.44. The first-order chi connectivity index (χ1) is 10.1. The molecule has 3 aromatic rings. The molecule has 0 fully saturated rings. The number of hydrogen-bond acceptors (Lipinski definition) is 2. The summed E-state index contributed by atoms with van der Waals surface area (Å²) in [7, 11) is 0. The molecule has 3 heteroatoms. The standard InChI is InChI=1S/C18H16N2S/c1-13-7-6-10-16(11-13)20-17(12-14(2)19-18(20)21)15-8-4-3-5-9-15/h3-12H,1-2H3. The lowest BCUT2D eigenvalue weighted by Gasteiger charge is -2.15. The molecule has 0 aliphatic heterocycles. The second-order valence-corrected chi connectivity index (χ2v) is 5.47. The van der Waals surface area contributed by atoms with Crippen LogP contribution in [0.2, 0.25) is 0 Å². The van der Waals surface area contributed by atoms with Gasteiger partial charge in [0.25, 0.3) is 0 Å². The zero-order chi connectivity index (χ0) is 14.8. The first-order valence-corrected chi connectivity index (χ1v) is 7.29. The summed E-state index contributed by atoms with van der Waals surface area (Å²) in [5.41, 5.74) is 5.39. The van der Waals surface area contributed by atoms with E-state index in [4.69, 9.17) is 12.2 Å². The van der Waals surface area contributed by atoms with Gasteiger partial charge < -0.3 is 0 Å². The van der Waals surface area contributed by atoms with E-state index in [9.17, 15) is 0 Å². The molecule has 3 rings (SSSR count). The molecule has 0 aliphatic carbocycles. The summed E-state index contributed by atoms with van der Waals surface area (Å²) < 4.78 is 2.62. The van der Waals surface area contributed by atoms with E-state index >= 15 is 0 Å². The number of aromatic nitrogens is 2. The Balaban J connectivity index is 2.32. The van der Waals surface area contributed by atoms with E-state index in [0.29, 0.717) is 4.77 Å². The van der Waals surface area contributed by atoms with Crippen LogP contribution >= 0.6 is 12.2 Å². The summed E-state index contributed by atoms with van der Waals surface area (Å²) in [5, 5.41) is 0. The van der Waals surface area contributed by atoms with Crippen LogP contribution in [0.5, 0.6) is 0 Å². The van der Waals surface area contributed by atoms with Gasteiger partial charge in [-0.25, -0.2) is 4.98 Å². The van der Waals surface area contributed by atoms with E-state index in [1.54, 1.807) is 0 Å². The van der Waals surface area contributed by atoms with Crippen LogP contribution in [0.1, 0.15) is 11.3 Å². The molecule has 0 amide bonds. The van der Waals surface area contributed by atoms with Gasteiger partial charge in [0.2, 0.25) is 4.77 Å². The van der Waals surface area contributed by atoms with Gasteiger partial charge in [-0.15, -0.1) is 0 Å². The van der Waals surface area contributed by atoms with Crippen LogP contribution in [0.25, 0.3) is 16.9 Å². The van der Waals surface area contributed by atoms with Crippen molar-refractivity contribution < 1.29 is 0 Å². The topological polar surface area (TPSA) is 17.8 Å². The first kappa shape index (κ1) is 13.7. The van der Waals surface area contributed by atoms with Crippen LogP contribution in [0.4, 0.5) is 0 Å². The van der Waals surface area contributed by atoms with Gasteiger partial charge >= 0.3 is 0 Å². The van der Waals surface area contributed by atoms with E-state index in [2.05, 4.69) is 48.3 Å². The second-order valence-electron chi connectivity index (χ2n) is 5.11. The molecule has 0 aliphatic rings. The minimum Gasteiger partial charge on any atom is -0.285 e. The number of benzene rings is 2. The average Bonchev–Trinajstić information content (AvgIpc) is 2.47. The maximum atomic E-state index is 5.50. The molecule has 0 bridgehead atoms. The van der Waals surface area contributed by atoms with Crippen molar-refractivity contribution in [2.24, 2.45) is 0 Å². The van der Waals surface area contributed by atoms with Crippen molar-refractivity contribution in [3.8, 4) is 16.9 Å². The van der Waals surface area contributed by atoms with Gasteiger partial charge in [-0.3, -0.25) is 4.57 Å². The Hall–Kier alpha value is -2.26. The van der Waals surface area contributed by atoms with E-state index in [1.807, 2.05) is 35.8 Å². The largest absolute Gasteiger partial charge is 0.285 e. The van der Waals surface area contributed by atoms with Crippen LogP contribution in [0.3, 0.4) is 0 Å². The summed E-state index contributed by atoms with van der Waals surface area (Å²) in [6.45, 7) is 4.06. The molecule has 2 aromatic carbocycles. The maximum Gasteiger partial charge on any atom is 0.204 e. The molecule has 0 spiro atoms. The molecule has 2 nitrogen and oxygen atoms in total. The lowest BCUT2D eigenvalue weighted by atomic mass is 10.1. The van der Waals surface area contributed by atoms with Crippen molar-refractivity contribution in [2.45, 2.75) is 13.8 Å². The van der Waals surface area contributed by atoms with Crippen molar-refractivity contribution in [1.29, 1.82) is 0 Å². The smallest absolute Gasteiger partial charge is 0.204 e. The third kappa shape index (κ3) is 2.78. The lowest BCUT2D eigenvalue weighted by Crippen LogP contribution is -2.05. The molecule has 1 aromatic heterocycles. The Labute approximate surface area is 129 Å². The lowest BCUT2D eigenvalue weighted by molar-refractivity contribution is 0.942. The molecule has 0 N–H and O–H groups in total. The van der Waals surface area contributed by atoms with Gasteiger partial charge in [0, 0.05) is 11.4 Å². The molecule has 104 valence electrons. The van der Waals surface area contributed by atoms with E-state index in [0.717, 1.165) is 22.6 Å². The first-order valence-electron chi connectivity index (χ1n) is 6.88. The Morgan fingerprint density at radius 3 is 2.38 bits per heavy atom. The molecule has 21 heavy (non-hydrogen) atoms. The molecule has 0 atom stereocenters. The highest BCUT2D eigenvalue weighted by Crippen LogP contribution is 2.24. The highest BCUT2D eigenvalue weighted by Gasteiger charge is 2.08. The SMILES string of the molecule is Cc1cccc(-n2c(-c3ccccc3)cc(C)nc2=S)c1. The van der Waals surface area contributed by atoms with Crippen molar-refractivity contribution in [1.82, 2.24) is 9.55 Å². The van der Waals surface area contributed by atoms with E-state index < -0.39 is 0 Å². The summed E-state index contributed by atoms with van der Waals surface area (Å²) in [6.07, 6.45) is 0. The van der Waals surface area contributed by atoms with Crippen LogP contribution in [-0.2, 0) is 0 Å². The van der Waals surface area contributed by atoms with Crippen molar-refractivity contribution >= 4 is 12.2 Å².